The number of hydrogen-bond acceptors (Lipinski definition) is 5. The molecule has 1 aliphatic rings. The van der Waals surface area contributed by atoms with Gasteiger partial charge in [-0.25, -0.2) is 16.8 Å². The van der Waals surface area contributed by atoms with Crippen molar-refractivity contribution in [1.82, 2.24) is 4.31 Å². The quantitative estimate of drug-likeness (QED) is 0.726. The third kappa shape index (κ3) is 3.44. The standard InChI is InChI=1S/C18H19NO5S2/c1-14(20)15-6-5-9-17(12-15)26(23,24)19-11-10-18(13-19)25(21,22)16-7-3-2-4-8-16/h2-9,12,18H,10-11,13H2,1H3. The Labute approximate surface area is 153 Å². The van der Waals surface area contributed by atoms with E-state index in [1.165, 1.54) is 41.6 Å². The van der Waals surface area contributed by atoms with Crippen LogP contribution < -0.4 is 0 Å². The third-order valence-corrected chi connectivity index (χ3v) is 8.55. The number of sulfonamides is 1. The van der Waals surface area contributed by atoms with Crippen molar-refractivity contribution in [2.75, 3.05) is 13.1 Å². The van der Waals surface area contributed by atoms with Gasteiger partial charge in [0.25, 0.3) is 0 Å². The SMILES string of the molecule is CC(=O)c1cccc(S(=O)(=O)N2CCC(S(=O)(=O)c3ccccc3)C2)c1. The summed E-state index contributed by atoms with van der Waals surface area (Å²) in [6, 6.07) is 13.9. The topological polar surface area (TPSA) is 88.6 Å². The van der Waals surface area contributed by atoms with Crippen LogP contribution in [0.2, 0.25) is 0 Å². The van der Waals surface area contributed by atoms with Crippen LogP contribution in [-0.4, -0.2) is 45.3 Å². The van der Waals surface area contributed by atoms with E-state index in [9.17, 15) is 21.6 Å². The Morgan fingerprint density at radius 3 is 2.27 bits per heavy atom. The van der Waals surface area contributed by atoms with Crippen LogP contribution in [-0.2, 0) is 19.9 Å². The molecular weight excluding hydrogens is 374 g/mol. The summed E-state index contributed by atoms with van der Waals surface area (Å²) in [5.41, 5.74) is 0.304. The Morgan fingerprint density at radius 1 is 0.962 bits per heavy atom. The predicted molar refractivity (Wildman–Crippen MR) is 97.2 cm³/mol. The number of carbonyl (C=O) groups excluding carboxylic acids is 1. The average Bonchev–Trinajstić information content (AvgIpc) is 3.14. The van der Waals surface area contributed by atoms with Crippen molar-refractivity contribution < 1.29 is 21.6 Å². The minimum atomic E-state index is -3.85. The van der Waals surface area contributed by atoms with E-state index in [-0.39, 0.29) is 35.1 Å². The first-order valence-electron chi connectivity index (χ1n) is 8.13. The summed E-state index contributed by atoms with van der Waals surface area (Å²) in [7, 11) is -7.45. The van der Waals surface area contributed by atoms with Crippen molar-refractivity contribution >= 4 is 25.6 Å². The van der Waals surface area contributed by atoms with Gasteiger partial charge >= 0.3 is 0 Å². The normalized spacial score (nSPS) is 18.7. The van der Waals surface area contributed by atoms with Crippen LogP contribution in [0.1, 0.15) is 23.7 Å². The van der Waals surface area contributed by atoms with E-state index in [1.54, 1.807) is 24.3 Å². The molecule has 3 rings (SSSR count). The number of benzene rings is 2. The predicted octanol–water partition coefficient (Wildman–Crippen LogP) is 2.13. The third-order valence-electron chi connectivity index (χ3n) is 4.50. The van der Waals surface area contributed by atoms with Crippen LogP contribution in [0.15, 0.2) is 64.4 Å². The van der Waals surface area contributed by atoms with Gasteiger partial charge in [-0.3, -0.25) is 4.79 Å². The summed E-state index contributed by atoms with van der Waals surface area (Å²) in [5.74, 6) is -0.229. The molecule has 138 valence electrons. The summed E-state index contributed by atoms with van der Waals surface area (Å²) in [4.78, 5) is 11.7. The summed E-state index contributed by atoms with van der Waals surface area (Å²) in [6.07, 6.45) is 0.239. The molecule has 1 atom stereocenters. The van der Waals surface area contributed by atoms with Crippen LogP contribution in [0.25, 0.3) is 0 Å². The number of carbonyl (C=O) groups is 1. The minimum Gasteiger partial charge on any atom is -0.295 e. The fourth-order valence-electron chi connectivity index (χ4n) is 3.00. The molecular formula is C18H19NO5S2. The van der Waals surface area contributed by atoms with E-state index in [0.717, 1.165) is 0 Å². The smallest absolute Gasteiger partial charge is 0.243 e. The lowest BCUT2D eigenvalue weighted by atomic mass is 10.2. The molecule has 1 aliphatic heterocycles. The molecule has 1 saturated heterocycles. The lowest BCUT2D eigenvalue weighted by Gasteiger charge is -2.17. The Kier molecular flexibility index (Phi) is 5.01. The fourth-order valence-corrected chi connectivity index (χ4v) is 6.35. The molecule has 0 bridgehead atoms. The molecule has 1 heterocycles. The van der Waals surface area contributed by atoms with Gasteiger partial charge < -0.3 is 0 Å². The van der Waals surface area contributed by atoms with Crippen molar-refractivity contribution in [2.24, 2.45) is 0 Å². The van der Waals surface area contributed by atoms with E-state index < -0.39 is 25.1 Å². The molecule has 26 heavy (non-hydrogen) atoms. The molecule has 2 aromatic carbocycles. The lowest BCUT2D eigenvalue weighted by Crippen LogP contribution is -2.32. The van der Waals surface area contributed by atoms with Crippen LogP contribution in [0.5, 0.6) is 0 Å². The van der Waals surface area contributed by atoms with Crippen molar-refractivity contribution in [2.45, 2.75) is 28.4 Å². The lowest BCUT2D eigenvalue weighted by molar-refractivity contribution is 0.101. The second-order valence-corrected chi connectivity index (χ2v) is 10.4. The van der Waals surface area contributed by atoms with Crippen LogP contribution >= 0.6 is 0 Å². The Bertz CT molecular complexity index is 1030. The second kappa shape index (κ2) is 6.94. The van der Waals surface area contributed by atoms with E-state index in [0.29, 0.717) is 5.56 Å². The fraction of sp³-hybridized carbons (Fsp3) is 0.278. The van der Waals surface area contributed by atoms with Gasteiger partial charge in [0.15, 0.2) is 15.6 Å². The highest BCUT2D eigenvalue weighted by atomic mass is 32.2. The van der Waals surface area contributed by atoms with Crippen molar-refractivity contribution in [3.05, 3.63) is 60.2 Å². The first-order valence-corrected chi connectivity index (χ1v) is 11.1. The molecule has 1 unspecified atom stereocenters. The van der Waals surface area contributed by atoms with Gasteiger partial charge in [-0.15, -0.1) is 0 Å². The maximum absolute atomic E-state index is 12.8. The van der Waals surface area contributed by atoms with Gasteiger partial charge in [0.05, 0.1) is 15.0 Å². The van der Waals surface area contributed by atoms with Crippen LogP contribution in [0.4, 0.5) is 0 Å². The summed E-state index contributed by atoms with van der Waals surface area (Å²) in [6.45, 7) is 1.40. The molecule has 0 N–H and O–H groups in total. The number of Topliss-reactive ketones (excluding diaryl/α,β-unsaturated/α-hetero) is 1. The summed E-state index contributed by atoms with van der Waals surface area (Å²) >= 11 is 0. The van der Waals surface area contributed by atoms with Crippen molar-refractivity contribution in [1.29, 1.82) is 0 Å². The van der Waals surface area contributed by atoms with Crippen LogP contribution in [0.3, 0.4) is 0 Å². The zero-order valence-corrected chi connectivity index (χ0v) is 15.8. The van der Waals surface area contributed by atoms with Gasteiger partial charge in [0, 0.05) is 18.7 Å². The van der Waals surface area contributed by atoms with E-state index in [1.807, 2.05) is 0 Å². The first-order chi connectivity index (χ1) is 12.2. The van der Waals surface area contributed by atoms with Gasteiger partial charge in [-0.2, -0.15) is 4.31 Å². The molecule has 0 saturated carbocycles. The number of nitrogens with zero attached hydrogens (tertiary/aromatic N) is 1. The molecule has 0 aromatic heterocycles. The van der Waals surface area contributed by atoms with Crippen molar-refractivity contribution in [3.63, 3.8) is 0 Å². The molecule has 0 spiro atoms. The van der Waals surface area contributed by atoms with Crippen LogP contribution in [0, 0.1) is 0 Å². The van der Waals surface area contributed by atoms with Gasteiger partial charge in [0.1, 0.15) is 0 Å². The van der Waals surface area contributed by atoms with E-state index in [2.05, 4.69) is 0 Å². The zero-order valence-electron chi connectivity index (χ0n) is 14.2. The van der Waals surface area contributed by atoms with E-state index >= 15 is 0 Å². The van der Waals surface area contributed by atoms with Gasteiger partial charge in [-0.1, -0.05) is 30.3 Å². The Hall–Kier alpha value is -2.03. The first kappa shape index (κ1) is 18.8. The highest BCUT2D eigenvalue weighted by Crippen LogP contribution is 2.28. The molecule has 8 heteroatoms. The molecule has 0 amide bonds. The number of ketones is 1. The Balaban J connectivity index is 1.86. The number of rotatable bonds is 5. The highest BCUT2D eigenvalue weighted by Gasteiger charge is 2.39. The molecule has 6 nitrogen and oxygen atoms in total. The number of hydrogen-bond donors (Lipinski definition) is 0. The van der Waals surface area contributed by atoms with E-state index in [4.69, 9.17) is 0 Å². The van der Waals surface area contributed by atoms with Crippen molar-refractivity contribution in [3.8, 4) is 0 Å². The molecule has 1 fully saturated rings. The largest absolute Gasteiger partial charge is 0.295 e. The molecule has 2 aromatic rings. The summed E-state index contributed by atoms with van der Waals surface area (Å²) in [5, 5.41) is -0.782. The summed E-state index contributed by atoms with van der Waals surface area (Å²) < 4.78 is 52.3. The second-order valence-electron chi connectivity index (χ2n) is 6.22. The molecule has 0 radical (unpaired) electrons. The monoisotopic (exact) mass is 393 g/mol. The molecule has 0 aliphatic carbocycles. The average molecular weight is 393 g/mol. The maximum Gasteiger partial charge on any atom is 0.243 e. The zero-order chi connectivity index (χ0) is 18.9. The minimum absolute atomic E-state index is 0.00274. The number of sulfone groups is 1. The Morgan fingerprint density at radius 2 is 1.62 bits per heavy atom. The van der Waals surface area contributed by atoms with Gasteiger partial charge in [-0.05, 0) is 37.6 Å². The highest BCUT2D eigenvalue weighted by molar-refractivity contribution is 7.92. The van der Waals surface area contributed by atoms with Gasteiger partial charge in [0.2, 0.25) is 10.0 Å². The maximum atomic E-state index is 12.8.